The third-order valence-electron chi connectivity index (χ3n) is 6.07. The van der Waals surface area contributed by atoms with Crippen LogP contribution in [0.5, 0.6) is 17.2 Å². The van der Waals surface area contributed by atoms with Crippen molar-refractivity contribution in [2.45, 2.75) is 30.9 Å². The predicted octanol–water partition coefficient (Wildman–Crippen LogP) is 6.38. The van der Waals surface area contributed by atoms with Gasteiger partial charge in [0.15, 0.2) is 17.3 Å². The number of ether oxygens (including phenoxy) is 3. The molecule has 0 aromatic heterocycles. The standard InChI is InChI=1S/C26H24Cl2N2O4S/c1-32-21-9-15(10-22(33-2)25(21)34-3)23-17(12-29)26(30-19-5-4-6-20(31)24(19)23)35-13-14-7-8-16(27)11-18(14)28/h7-11,23,30H,4-6,13H2,1-3H3/t23-/m0/s1. The molecule has 35 heavy (non-hydrogen) atoms. The first-order valence-electron chi connectivity index (χ1n) is 11.0. The molecule has 0 saturated heterocycles. The van der Waals surface area contributed by atoms with Gasteiger partial charge in [0.25, 0.3) is 0 Å². The molecule has 2 aromatic carbocycles. The quantitative estimate of drug-likeness (QED) is 0.444. The number of Topliss-reactive ketones (excluding diaryl/α,β-unsaturated/α-hetero) is 1. The molecule has 0 unspecified atom stereocenters. The fraction of sp³-hybridized carbons (Fsp3) is 0.308. The summed E-state index contributed by atoms with van der Waals surface area (Å²) >= 11 is 13.9. The lowest BCUT2D eigenvalue weighted by Gasteiger charge is -2.33. The number of thioether (sulfide) groups is 1. The number of allylic oxidation sites excluding steroid dienone is 3. The Morgan fingerprint density at radius 2 is 1.80 bits per heavy atom. The molecule has 1 aliphatic heterocycles. The molecule has 1 atom stereocenters. The van der Waals surface area contributed by atoms with Crippen molar-refractivity contribution >= 4 is 40.7 Å². The molecule has 1 N–H and O–H groups in total. The van der Waals surface area contributed by atoms with Crippen LogP contribution in [0, 0.1) is 11.3 Å². The average Bonchev–Trinajstić information content (AvgIpc) is 2.86. The number of nitriles is 1. The van der Waals surface area contributed by atoms with E-state index in [0.717, 1.165) is 29.7 Å². The van der Waals surface area contributed by atoms with Gasteiger partial charge in [0.2, 0.25) is 5.75 Å². The molecule has 0 saturated carbocycles. The minimum Gasteiger partial charge on any atom is -0.493 e. The molecular formula is C26H24Cl2N2O4S. The highest BCUT2D eigenvalue weighted by Gasteiger charge is 2.38. The molecule has 1 heterocycles. The summed E-state index contributed by atoms with van der Waals surface area (Å²) in [6.45, 7) is 0. The fourth-order valence-corrected chi connectivity index (χ4v) is 6.05. The van der Waals surface area contributed by atoms with Gasteiger partial charge >= 0.3 is 0 Å². The maximum absolute atomic E-state index is 13.1. The van der Waals surface area contributed by atoms with E-state index in [2.05, 4.69) is 11.4 Å². The Labute approximate surface area is 218 Å². The Balaban J connectivity index is 1.82. The normalized spacial score (nSPS) is 17.5. The number of halogens is 2. The van der Waals surface area contributed by atoms with E-state index in [9.17, 15) is 10.1 Å². The Morgan fingerprint density at radius 3 is 2.40 bits per heavy atom. The van der Waals surface area contributed by atoms with Crippen molar-refractivity contribution in [1.29, 1.82) is 5.26 Å². The van der Waals surface area contributed by atoms with Crippen LogP contribution in [0.15, 0.2) is 52.2 Å². The zero-order valence-electron chi connectivity index (χ0n) is 19.5. The zero-order valence-corrected chi connectivity index (χ0v) is 21.9. The van der Waals surface area contributed by atoms with Gasteiger partial charge in [-0.1, -0.05) is 29.3 Å². The van der Waals surface area contributed by atoms with Gasteiger partial charge in [0.05, 0.1) is 43.9 Å². The number of nitrogens with one attached hydrogen (secondary N) is 1. The van der Waals surface area contributed by atoms with Crippen molar-refractivity contribution in [2.75, 3.05) is 21.3 Å². The lowest BCUT2D eigenvalue weighted by molar-refractivity contribution is -0.116. The van der Waals surface area contributed by atoms with Gasteiger partial charge in [-0.2, -0.15) is 5.26 Å². The Kier molecular flexibility index (Phi) is 7.85. The van der Waals surface area contributed by atoms with Crippen molar-refractivity contribution in [2.24, 2.45) is 0 Å². The number of nitrogens with zero attached hydrogens (tertiary/aromatic N) is 1. The Hall–Kier alpha value is -2.79. The summed E-state index contributed by atoms with van der Waals surface area (Å²) in [5, 5.41) is 15.5. The molecule has 1 aliphatic carbocycles. The van der Waals surface area contributed by atoms with Gasteiger partial charge in [-0.25, -0.2) is 0 Å². The lowest BCUT2D eigenvalue weighted by atomic mass is 9.76. The Bertz CT molecular complexity index is 1260. The highest BCUT2D eigenvalue weighted by Crippen LogP contribution is 2.48. The Morgan fingerprint density at radius 1 is 1.09 bits per heavy atom. The summed E-state index contributed by atoms with van der Waals surface area (Å²) in [6, 6.07) is 11.3. The van der Waals surface area contributed by atoms with E-state index in [1.807, 2.05) is 6.07 Å². The maximum Gasteiger partial charge on any atom is 0.203 e. The first kappa shape index (κ1) is 25.3. The number of rotatable bonds is 7. The molecule has 0 radical (unpaired) electrons. The van der Waals surface area contributed by atoms with Gasteiger partial charge in [-0.05, 0) is 48.2 Å². The first-order chi connectivity index (χ1) is 16.9. The number of hydrogen-bond donors (Lipinski definition) is 1. The molecule has 182 valence electrons. The van der Waals surface area contributed by atoms with Gasteiger partial charge in [-0.3, -0.25) is 4.79 Å². The SMILES string of the molecule is COc1cc([C@H]2C(C#N)=C(SCc3ccc(Cl)cc3Cl)NC3=C2C(=O)CCC3)cc(OC)c1OC. The second kappa shape index (κ2) is 10.9. The second-order valence-electron chi connectivity index (χ2n) is 8.06. The summed E-state index contributed by atoms with van der Waals surface area (Å²) < 4.78 is 16.6. The molecule has 4 rings (SSSR count). The number of carbonyl (C=O) groups excluding carboxylic acids is 1. The van der Waals surface area contributed by atoms with E-state index in [1.54, 1.807) is 24.3 Å². The van der Waals surface area contributed by atoms with Crippen LogP contribution in [0.1, 0.15) is 36.3 Å². The number of carbonyl (C=O) groups is 1. The van der Waals surface area contributed by atoms with Gasteiger partial charge in [0, 0.05) is 33.5 Å². The second-order valence-corrected chi connectivity index (χ2v) is 9.89. The maximum atomic E-state index is 13.1. The zero-order chi connectivity index (χ0) is 25.1. The summed E-state index contributed by atoms with van der Waals surface area (Å²) in [5.41, 5.74) is 3.56. The summed E-state index contributed by atoms with van der Waals surface area (Å²) in [5.74, 6) is 1.39. The predicted molar refractivity (Wildman–Crippen MR) is 138 cm³/mol. The number of dihydropyridines is 1. The summed E-state index contributed by atoms with van der Waals surface area (Å²) in [7, 11) is 4.61. The van der Waals surface area contributed by atoms with Crippen molar-refractivity contribution < 1.29 is 19.0 Å². The molecule has 9 heteroatoms. The van der Waals surface area contributed by atoms with Crippen LogP contribution in [-0.2, 0) is 10.5 Å². The number of methoxy groups -OCH3 is 3. The van der Waals surface area contributed by atoms with Crippen molar-refractivity contribution in [3.63, 3.8) is 0 Å². The van der Waals surface area contributed by atoms with E-state index in [1.165, 1.54) is 33.1 Å². The topological polar surface area (TPSA) is 80.6 Å². The average molecular weight is 531 g/mol. The highest BCUT2D eigenvalue weighted by molar-refractivity contribution is 8.02. The van der Waals surface area contributed by atoms with Crippen LogP contribution >= 0.6 is 35.0 Å². The molecule has 0 spiro atoms. The van der Waals surface area contributed by atoms with E-state index in [4.69, 9.17) is 37.4 Å². The first-order valence-corrected chi connectivity index (χ1v) is 12.7. The molecule has 2 aliphatic rings. The summed E-state index contributed by atoms with van der Waals surface area (Å²) in [6.07, 6.45) is 1.94. The van der Waals surface area contributed by atoms with E-state index in [-0.39, 0.29) is 5.78 Å². The third-order valence-corrected chi connectivity index (χ3v) is 7.72. The van der Waals surface area contributed by atoms with Gasteiger partial charge < -0.3 is 19.5 Å². The smallest absolute Gasteiger partial charge is 0.203 e. The van der Waals surface area contributed by atoms with Gasteiger partial charge in [-0.15, -0.1) is 11.8 Å². The monoisotopic (exact) mass is 530 g/mol. The lowest BCUT2D eigenvalue weighted by Crippen LogP contribution is -2.31. The van der Waals surface area contributed by atoms with Crippen LogP contribution in [0.25, 0.3) is 0 Å². The summed E-state index contributed by atoms with van der Waals surface area (Å²) in [4.78, 5) is 13.1. The third kappa shape index (κ3) is 4.97. The number of ketones is 1. The largest absolute Gasteiger partial charge is 0.493 e. The van der Waals surface area contributed by atoms with E-state index >= 15 is 0 Å². The van der Waals surface area contributed by atoms with Crippen LogP contribution < -0.4 is 19.5 Å². The van der Waals surface area contributed by atoms with Crippen LogP contribution in [-0.4, -0.2) is 27.1 Å². The number of hydrogen-bond acceptors (Lipinski definition) is 7. The van der Waals surface area contributed by atoms with Crippen molar-refractivity contribution in [1.82, 2.24) is 5.32 Å². The van der Waals surface area contributed by atoms with Crippen LogP contribution in [0.3, 0.4) is 0 Å². The molecule has 0 fully saturated rings. The van der Waals surface area contributed by atoms with Crippen molar-refractivity contribution in [3.8, 4) is 23.3 Å². The van der Waals surface area contributed by atoms with Gasteiger partial charge in [0.1, 0.15) is 0 Å². The molecule has 0 amide bonds. The minimum atomic E-state index is -0.555. The molecule has 0 bridgehead atoms. The molecule has 2 aromatic rings. The van der Waals surface area contributed by atoms with Crippen LogP contribution in [0.2, 0.25) is 10.0 Å². The highest BCUT2D eigenvalue weighted by atomic mass is 35.5. The van der Waals surface area contributed by atoms with E-state index < -0.39 is 5.92 Å². The van der Waals surface area contributed by atoms with Crippen molar-refractivity contribution in [3.05, 3.63) is 73.4 Å². The minimum absolute atomic E-state index is 0.0371. The van der Waals surface area contributed by atoms with Crippen LogP contribution in [0.4, 0.5) is 0 Å². The molecule has 6 nitrogen and oxygen atoms in total. The molecular weight excluding hydrogens is 507 g/mol. The van der Waals surface area contributed by atoms with E-state index in [0.29, 0.717) is 55.6 Å². The fourth-order valence-electron chi connectivity index (χ4n) is 4.43. The number of benzene rings is 2.